The lowest BCUT2D eigenvalue weighted by Crippen LogP contribution is -2.50. The summed E-state index contributed by atoms with van der Waals surface area (Å²) in [6.45, 7) is 10.7. The smallest absolute Gasteiger partial charge is 0.220 e. The van der Waals surface area contributed by atoms with E-state index in [9.17, 15) is 9.90 Å². The Hall–Kier alpha value is -0.650. The third-order valence-electron chi connectivity index (χ3n) is 3.53. The first kappa shape index (κ1) is 18.4. The van der Waals surface area contributed by atoms with Gasteiger partial charge >= 0.3 is 0 Å². The van der Waals surface area contributed by atoms with Crippen LogP contribution < -0.4 is 5.32 Å². The molecule has 0 radical (unpaired) electrons. The molecule has 1 aliphatic rings. The number of hydrogen-bond acceptors (Lipinski definition) is 4. The van der Waals surface area contributed by atoms with Crippen LogP contribution in [0.25, 0.3) is 0 Å². The van der Waals surface area contributed by atoms with Crippen LogP contribution in [0.2, 0.25) is 0 Å². The van der Waals surface area contributed by atoms with Crippen molar-refractivity contribution in [1.29, 1.82) is 0 Å². The molecule has 0 saturated carbocycles. The van der Waals surface area contributed by atoms with Crippen LogP contribution in [0.3, 0.4) is 0 Å². The standard InChI is InChI=1S/C16H32N2O3/c1-5-7-15(20)17-13-8-6-9-18(10-13)11-14(19)12-21-16(2,3)4/h13-14,19H,5-12H2,1-4H3,(H,17,20). The minimum Gasteiger partial charge on any atom is -0.389 e. The van der Waals surface area contributed by atoms with Gasteiger partial charge in [-0.25, -0.2) is 0 Å². The van der Waals surface area contributed by atoms with Gasteiger partial charge in [-0.1, -0.05) is 6.92 Å². The number of β-amino-alcohol motifs (C(OH)–C–C–N with tert-alkyl or cyclic N) is 1. The summed E-state index contributed by atoms with van der Waals surface area (Å²) in [5.41, 5.74) is -0.223. The third-order valence-corrected chi connectivity index (χ3v) is 3.53. The Kier molecular flexibility index (Phi) is 7.63. The number of piperidine rings is 1. The minimum atomic E-state index is -0.477. The van der Waals surface area contributed by atoms with Crippen LogP contribution in [0.4, 0.5) is 0 Å². The summed E-state index contributed by atoms with van der Waals surface area (Å²) in [4.78, 5) is 13.9. The van der Waals surface area contributed by atoms with Gasteiger partial charge in [-0.05, 0) is 46.6 Å². The largest absolute Gasteiger partial charge is 0.389 e. The van der Waals surface area contributed by atoms with Crippen molar-refractivity contribution in [1.82, 2.24) is 10.2 Å². The first-order chi connectivity index (χ1) is 9.80. The van der Waals surface area contributed by atoms with Crippen LogP contribution in [0, 0.1) is 0 Å². The maximum atomic E-state index is 11.7. The maximum absolute atomic E-state index is 11.7. The van der Waals surface area contributed by atoms with Crippen molar-refractivity contribution >= 4 is 5.91 Å². The fourth-order valence-corrected chi connectivity index (χ4v) is 2.56. The Labute approximate surface area is 129 Å². The number of aliphatic hydroxyl groups is 1. The number of ether oxygens (including phenoxy) is 1. The molecular formula is C16H32N2O3. The molecule has 1 amide bonds. The van der Waals surface area contributed by atoms with Crippen molar-refractivity contribution in [2.24, 2.45) is 0 Å². The zero-order chi connectivity index (χ0) is 15.9. The van der Waals surface area contributed by atoms with Gasteiger partial charge in [0, 0.05) is 25.6 Å². The van der Waals surface area contributed by atoms with E-state index in [1.54, 1.807) is 0 Å². The van der Waals surface area contributed by atoms with Crippen LogP contribution in [0.15, 0.2) is 0 Å². The lowest BCUT2D eigenvalue weighted by molar-refractivity contribution is -0.122. The molecule has 0 aromatic rings. The Morgan fingerprint density at radius 1 is 1.48 bits per heavy atom. The molecule has 0 aromatic heterocycles. The lowest BCUT2D eigenvalue weighted by Gasteiger charge is -2.34. The zero-order valence-corrected chi connectivity index (χ0v) is 14.0. The van der Waals surface area contributed by atoms with Crippen LogP contribution in [0.1, 0.15) is 53.4 Å². The van der Waals surface area contributed by atoms with E-state index in [-0.39, 0.29) is 17.6 Å². The first-order valence-corrected chi connectivity index (χ1v) is 8.14. The Morgan fingerprint density at radius 3 is 2.81 bits per heavy atom. The Morgan fingerprint density at radius 2 is 2.19 bits per heavy atom. The molecule has 0 spiro atoms. The van der Waals surface area contributed by atoms with Gasteiger partial charge < -0.3 is 15.2 Å². The van der Waals surface area contributed by atoms with Crippen molar-refractivity contribution < 1.29 is 14.6 Å². The monoisotopic (exact) mass is 300 g/mol. The van der Waals surface area contributed by atoms with Gasteiger partial charge in [-0.3, -0.25) is 9.69 Å². The van der Waals surface area contributed by atoms with E-state index >= 15 is 0 Å². The summed E-state index contributed by atoms with van der Waals surface area (Å²) in [6, 6.07) is 0.216. The molecule has 0 bridgehead atoms. The van der Waals surface area contributed by atoms with E-state index in [0.29, 0.717) is 19.6 Å². The van der Waals surface area contributed by atoms with E-state index in [4.69, 9.17) is 4.74 Å². The van der Waals surface area contributed by atoms with Crippen molar-refractivity contribution in [3.8, 4) is 0 Å². The lowest BCUT2D eigenvalue weighted by atomic mass is 10.0. The third kappa shape index (κ3) is 8.39. The van der Waals surface area contributed by atoms with Crippen molar-refractivity contribution in [2.45, 2.75) is 71.1 Å². The topological polar surface area (TPSA) is 61.8 Å². The van der Waals surface area contributed by atoms with Crippen LogP contribution in [0.5, 0.6) is 0 Å². The number of carbonyl (C=O) groups excluding carboxylic acids is 1. The molecule has 0 aromatic carbocycles. The van der Waals surface area contributed by atoms with Crippen LogP contribution in [-0.2, 0) is 9.53 Å². The summed E-state index contributed by atoms with van der Waals surface area (Å²) in [5.74, 6) is 0.140. The summed E-state index contributed by atoms with van der Waals surface area (Å²) in [5, 5.41) is 13.1. The van der Waals surface area contributed by atoms with Gasteiger partial charge in [0.05, 0.1) is 18.3 Å². The molecule has 5 nitrogen and oxygen atoms in total. The van der Waals surface area contributed by atoms with Gasteiger partial charge in [0.1, 0.15) is 0 Å². The number of likely N-dealkylation sites (tertiary alicyclic amines) is 1. The predicted octanol–water partition coefficient (Wildman–Crippen LogP) is 1.54. The summed E-state index contributed by atoms with van der Waals surface area (Å²) >= 11 is 0. The summed E-state index contributed by atoms with van der Waals surface area (Å²) in [7, 11) is 0. The number of nitrogens with zero attached hydrogens (tertiary/aromatic N) is 1. The quantitative estimate of drug-likeness (QED) is 0.749. The fraction of sp³-hybridized carbons (Fsp3) is 0.938. The molecule has 5 heteroatoms. The number of amides is 1. The summed E-state index contributed by atoms with van der Waals surface area (Å²) in [6.07, 6.45) is 3.09. The van der Waals surface area contributed by atoms with Gasteiger partial charge in [-0.15, -0.1) is 0 Å². The van der Waals surface area contributed by atoms with Crippen molar-refractivity contribution in [3.63, 3.8) is 0 Å². The highest BCUT2D eigenvalue weighted by molar-refractivity contribution is 5.76. The molecule has 1 rings (SSSR count). The highest BCUT2D eigenvalue weighted by Crippen LogP contribution is 2.12. The second kappa shape index (κ2) is 8.71. The number of rotatable bonds is 7. The molecule has 1 saturated heterocycles. The zero-order valence-electron chi connectivity index (χ0n) is 14.0. The van der Waals surface area contributed by atoms with Crippen molar-refractivity contribution in [3.05, 3.63) is 0 Å². The minimum absolute atomic E-state index is 0.140. The Balaban J connectivity index is 2.30. The Bertz CT molecular complexity index is 315. The second-order valence-corrected chi connectivity index (χ2v) is 6.99. The number of nitrogens with one attached hydrogen (secondary N) is 1. The molecule has 2 atom stereocenters. The van der Waals surface area contributed by atoms with Crippen molar-refractivity contribution in [2.75, 3.05) is 26.2 Å². The number of carbonyl (C=O) groups is 1. The molecule has 1 heterocycles. The van der Waals surface area contributed by atoms with E-state index in [1.807, 2.05) is 27.7 Å². The number of aliphatic hydroxyl groups excluding tert-OH is 1. The molecule has 2 unspecified atom stereocenters. The normalized spacial score (nSPS) is 22.0. The van der Waals surface area contributed by atoms with E-state index in [0.717, 1.165) is 32.4 Å². The van der Waals surface area contributed by atoms with Crippen LogP contribution in [-0.4, -0.2) is 59.9 Å². The highest BCUT2D eigenvalue weighted by Gasteiger charge is 2.23. The average molecular weight is 300 g/mol. The van der Waals surface area contributed by atoms with Gasteiger partial charge in [-0.2, -0.15) is 0 Å². The molecule has 0 aliphatic carbocycles. The first-order valence-electron chi connectivity index (χ1n) is 8.14. The molecule has 124 valence electrons. The number of hydrogen-bond donors (Lipinski definition) is 2. The molecule has 21 heavy (non-hydrogen) atoms. The van der Waals surface area contributed by atoms with Gasteiger partial charge in [0.25, 0.3) is 0 Å². The van der Waals surface area contributed by atoms with Gasteiger partial charge in [0.15, 0.2) is 0 Å². The van der Waals surface area contributed by atoms with Crippen LogP contribution >= 0.6 is 0 Å². The van der Waals surface area contributed by atoms with E-state index < -0.39 is 6.10 Å². The predicted molar refractivity (Wildman–Crippen MR) is 84.2 cm³/mol. The molecular weight excluding hydrogens is 268 g/mol. The van der Waals surface area contributed by atoms with E-state index in [1.165, 1.54) is 0 Å². The second-order valence-electron chi connectivity index (χ2n) is 6.99. The van der Waals surface area contributed by atoms with E-state index in [2.05, 4.69) is 10.2 Å². The molecule has 1 aliphatic heterocycles. The SMILES string of the molecule is CCCC(=O)NC1CCCN(CC(O)COC(C)(C)C)C1. The molecule has 1 fully saturated rings. The van der Waals surface area contributed by atoms with Gasteiger partial charge in [0.2, 0.25) is 5.91 Å². The summed E-state index contributed by atoms with van der Waals surface area (Å²) < 4.78 is 5.61. The highest BCUT2D eigenvalue weighted by atomic mass is 16.5. The molecule has 2 N–H and O–H groups in total. The fourth-order valence-electron chi connectivity index (χ4n) is 2.56. The average Bonchev–Trinajstić information content (AvgIpc) is 2.36. The maximum Gasteiger partial charge on any atom is 0.220 e.